The number of thioether (sulfide) groups is 2. The van der Waals surface area contributed by atoms with Crippen LogP contribution in [-0.2, 0) is 9.59 Å². The number of carboxylic acid groups (broad SMARTS) is 1. The van der Waals surface area contributed by atoms with Gasteiger partial charge in [-0.15, -0.1) is 0 Å². The molecule has 3 rings (SSSR count). The van der Waals surface area contributed by atoms with Crippen LogP contribution in [0.4, 0.5) is 5.69 Å². The lowest BCUT2D eigenvalue weighted by Gasteiger charge is -2.15. The van der Waals surface area contributed by atoms with Gasteiger partial charge < -0.3 is 14.9 Å². The minimum atomic E-state index is -1.08. The summed E-state index contributed by atoms with van der Waals surface area (Å²) in [5, 5.41) is 9.65. The molecule has 1 saturated heterocycles. The van der Waals surface area contributed by atoms with Crippen LogP contribution in [0.2, 0.25) is 0 Å². The normalized spacial score (nSPS) is 18.5. The lowest BCUT2D eigenvalue weighted by Crippen LogP contribution is -2.33. The summed E-state index contributed by atoms with van der Waals surface area (Å²) in [6, 6.07) is 7.85. The average molecular weight is 440 g/mol. The standard InChI is InChI=1S/C13H10N2O3S3.C6H15N/c1-14-7-4-2-3-5-8(7)20-12(14)10-11(18)15(6-9(16)17)13(19)21-10;1-4-7(5-2)6-3/h2-5H,6H2,1H3,(H,16,17);4-6H2,1-3H3/b12-10-;. The van der Waals surface area contributed by atoms with Crippen LogP contribution in [0.3, 0.4) is 0 Å². The number of aliphatic carboxylic acids is 1. The third-order valence-corrected chi connectivity index (χ3v) is 7.22. The van der Waals surface area contributed by atoms with E-state index in [9.17, 15) is 9.59 Å². The molecule has 0 atom stereocenters. The first-order chi connectivity index (χ1) is 13.3. The van der Waals surface area contributed by atoms with Gasteiger partial charge in [0.15, 0.2) is 0 Å². The van der Waals surface area contributed by atoms with Gasteiger partial charge in [-0.2, -0.15) is 0 Å². The Morgan fingerprint density at radius 2 is 1.75 bits per heavy atom. The smallest absolute Gasteiger partial charge is 0.323 e. The van der Waals surface area contributed by atoms with Crippen molar-refractivity contribution in [2.75, 3.05) is 38.1 Å². The number of rotatable bonds is 5. The molecule has 1 fully saturated rings. The first kappa shape index (κ1) is 22.7. The maximum atomic E-state index is 12.4. The minimum absolute atomic E-state index is 0.287. The number of hydrogen-bond donors (Lipinski definition) is 1. The van der Waals surface area contributed by atoms with E-state index in [2.05, 4.69) is 25.7 Å². The van der Waals surface area contributed by atoms with E-state index in [4.69, 9.17) is 17.3 Å². The molecule has 1 aromatic rings. The monoisotopic (exact) mass is 439 g/mol. The van der Waals surface area contributed by atoms with Crippen molar-refractivity contribution in [2.24, 2.45) is 0 Å². The van der Waals surface area contributed by atoms with Crippen LogP contribution in [0, 0.1) is 0 Å². The number of hydrogen-bond acceptors (Lipinski definition) is 7. The fourth-order valence-electron chi connectivity index (χ4n) is 2.77. The van der Waals surface area contributed by atoms with Crippen molar-refractivity contribution in [3.8, 4) is 0 Å². The van der Waals surface area contributed by atoms with E-state index in [1.165, 1.54) is 31.4 Å². The molecule has 0 unspecified atom stereocenters. The molecule has 0 aliphatic carbocycles. The fourth-order valence-corrected chi connectivity index (χ4v) is 5.35. The summed E-state index contributed by atoms with van der Waals surface area (Å²) in [5.74, 6) is -1.41. The Kier molecular flexibility index (Phi) is 8.36. The van der Waals surface area contributed by atoms with E-state index in [0.29, 0.717) is 4.91 Å². The van der Waals surface area contributed by atoms with Gasteiger partial charge in [0.2, 0.25) is 0 Å². The molecule has 0 spiro atoms. The Morgan fingerprint density at radius 3 is 2.25 bits per heavy atom. The number of para-hydroxylation sites is 1. The van der Waals surface area contributed by atoms with Crippen molar-refractivity contribution in [3.63, 3.8) is 0 Å². The zero-order chi connectivity index (χ0) is 20.8. The molecule has 1 aromatic carbocycles. The average Bonchev–Trinajstić information content (AvgIpc) is 3.15. The molecule has 0 saturated carbocycles. The van der Waals surface area contributed by atoms with E-state index in [-0.39, 0.29) is 10.2 Å². The maximum absolute atomic E-state index is 12.4. The Balaban J connectivity index is 0.000000345. The van der Waals surface area contributed by atoms with Crippen molar-refractivity contribution in [2.45, 2.75) is 25.7 Å². The molecule has 0 radical (unpaired) electrons. The van der Waals surface area contributed by atoms with Gasteiger partial charge in [-0.05, 0) is 31.8 Å². The molecule has 2 aliphatic heterocycles. The zero-order valence-electron chi connectivity index (χ0n) is 16.5. The van der Waals surface area contributed by atoms with Crippen molar-refractivity contribution in [1.82, 2.24) is 9.80 Å². The van der Waals surface area contributed by atoms with Crippen LogP contribution < -0.4 is 4.90 Å². The van der Waals surface area contributed by atoms with Gasteiger partial charge in [0.1, 0.15) is 15.8 Å². The Hall–Kier alpha value is -1.55. The quantitative estimate of drug-likeness (QED) is 0.551. The van der Waals surface area contributed by atoms with E-state index >= 15 is 0 Å². The molecule has 0 bridgehead atoms. The molecule has 1 amide bonds. The summed E-state index contributed by atoms with van der Waals surface area (Å²) in [4.78, 5) is 30.2. The predicted octanol–water partition coefficient (Wildman–Crippen LogP) is 3.69. The third kappa shape index (κ3) is 5.08. The molecule has 6 nitrogen and oxygen atoms in total. The summed E-state index contributed by atoms with van der Waals surface area (Å²) in [6.07, 6.45) is 0. The van der Waals surface area contributed by atoms with E-state index in [1.807, 2.05) is 36.2 Å². The summed E-state index contributed by atoms with van der Waals surface area (Å²) < 4.78 is 0.287. The van der Waals surface area contributed by atoms with Crippen molar-refractivity contribution >= 4 is 57.6 Å². The third-order valence-electron chi connectivity index (χ3n) is 4.42. The highest BCUT2D eigenvalue weighted by Crippen LogP contribution is 2.49. The largest absolute Gasteiger partial charge is 0.480 e. The first-order valence-electron chi connectivity index (χ1n) is 9.06. The van der Waals surface area contributed by atoms with Gasteiger partial charge >= 0.3 is 5.97 Å². The lowest BCUT2D eigenvalue weighted by molar-refractivity contribution is -0.140. The van der Waals surface area contributed by atoms with Crippen LogP contribution >= 0.6 is 35.7 Å². The molecular formula is C19H25N3O3S3. The number of amides is 1. The first-order valence-corrected chi connectivity index (χ1v) is 11.1. The number of carbonyl (C=O) groups is 2. The van der Waals surface area contributed by atoms with Crippen molar-refractivity contribution in [1.29, 1.82) is 0 Å². The van der Waals surface area contributed by atoms with Crippen LogP contribution in [0.25, 0.3) is 0 Å². The fraction of sp³-hybridized carbons (Fsp3) is 0.421. The summed E-state index contributed by atoms with van der Waals surface area (Å²) in [6.45, 7) is 9.72. The Labute approximate surface area is 179 Å². The molecule has 28 heavy (non-hydrogen) atoms. The molecule has 0 aromatic heterocycles. The summed E-state index contributed by atoms with van der Waals surface area (Å²) in [5.41, 5.74) is 1.03. The highest BCUT2D eigenvalue weighted by atomic mass is 32.2. The highest BCUT2D eigenvalue weighted by molar-refractivity contribution is 8.27. The van der Waals surface area contributed by atoms with E-state index in [0.717, 1.165) is 32.3 Å². The van der Waals surface area contributed by atoms with Gasteiger partial charge in [-0.25, -0.2) is 0 Å². The summed E-state index contributed by atoms with van der Waals surface area (Å²) in [7, 11) is 1.89. The number of benzene rings is 1. The highest BCUT2D eigenvalue weighted by Gasteiger charge is 2.38. The maximum Gasteiger partial charge on any atom is 0.323 e. The molecule has 1 N–H and O–H groups in total. The van der Waals surface area contributed by atoms with Gasteiger partial charge in [0.05, 0.1) is 10.7 Å². The lowest BCUT2D eigenvalue weighted by atomic mass is 10.3. The van der Waals surface area contributed by atoms with Crippen molar-refractivity contribution in [3.05, 3.63) is 34.2 Å². The number of fused-ring (bicyclic) bond motifs is 1. The second kappa shape index (κ2) is 10.3. The van der Waals surface area contributed by atoms with Crippen LogP contribution in [0.1, 0.15) is 20.8 Å². The topological polar surface area (TPSA) is 64.1 Å². The summed E-state index contributed by atoms with van der Waals surface area (Å²) >= 11 is 7.77. The molecule has 152 valence electrons. The molecule has 2 heterocycles. The van der Waals surface area contributed by atoms with Gasteiger partial charge in [0.25, 0.3) is 5.91 Å². The van der Waals surface area contributed by atoms with Gasteiger partial charge in [-0.3, -0.25) is 14.5 Å². The van der Waals surface area contributed by atoms with Crippen LogP contribution in [-0.4, -0.2) is 64.3 Å². The Bertz CT molecular complexity index is 788. The molecule has 9 heteroatoms. The SMILES string of the molecule is CCN(CC)CC.CN1/C(=C2/SC(=S)N(CC(=O)O)C2=O)Sc2ccccc21. The van der Waals surface area contributed by atoms with Crippen molar-refractivity contribution < 1.29 is 14.7 Å². The van der Waals surface area contributed by atoms with E-state index < -0.39 is 12.5 Å². The second-order valence-corrected chi connectivity index (χ2v) is 8.71. The zero-order valence-corrected chi connectivity index (χ0v) is 18.9. The number of nitrogens with zero attached hydrogens (tertiary/aromatic N) is 3. The Morgan fingerprint density at radius 1 is 1.14 bits per heavy atom. The number of carbonyl (C=O) groups excluding carboxylic acids is 1. The number of anilines is 1. The molecular weight excluding hydrogens is 414 g/mol. The molecule has 2 aliphatic rings. The van der Waals surface area contributed by atoms with E-state index in [1.54, 1.807) is 0 Å². The minimum Gasteiger partial charge on any atom is -0.480 e. The predicted molar refractivity (Wildman–Crippen MR) is 121 cm³/mol. The second-order valence-electron chi connectivity index (χ2n) is 6.04. The van der Waals surface area contributed by atoms with Crippen LogP contribution in [0.15, 0.2) is 39.1 Å². The number of carboxylic acids is 1. The van der Waals surface area contributed by atoms with Gasteiger partial charge in [-0.1, -0.05) is 68.6 Å². The van der Waals surface area contributed by atoms with Gasteiger partial charge in [0, 0.05) is 11.9 Å². The number of thiocarbonyl (C=S) groups is 1. The van der Waals surface area contributed by atoms with Crippen LogP contribution in [0.5, 0.6) is 0 Å².